The van der Waals surface area contributed by atoms with Crippen molar-refractivity contribution in [3.05, 3.63) is 29.8 Å². The molecule has 0 spiro atoms. The second-order valence-corrected chi connectivity index (χ2v) is 6.34. The summed E-state index contributed by atoms with van der Waals surface area (Å²) >= 11 is 0. The van der Waals surface area contributed by atoms with Crippen LogP contribution in [0.1, 0.15) is 5.56 Å². The standard InChI is InChI=1S/C12H15N3O2S/c1-8-6-9(18(3,16)17)4-5-10(8)11-7-12(13)15(2)14-11/h4-7H,13H2,1-3H3. The molecule has 0 bridgehead atoms. The summed E-state index contributed by atoms with van der Waals surface area (Å²) in [6.45, 7) is 1.86. The van der Waals surface area contributed by atoms with Crippen molar-refractivity contribution in [2.45, 2.75) is 11.8 Å². The number of nitrogen functional groups attached to an aromatic ring is 1. The number of aromatic nitrogens is 2. The molecular weight excluding hydrogens is 250 g/mol. The Morgan fingerprint density at radius 3 is 2.39 bits per heavy atom. The van der Waals surface area contributed by atoms with Gasteiger partial charge in [-0.2, -0.15) is 5.10 Å². The van der Waals surface area contributed by atoms with E-state index in [9.17, 15) is 8.42 Å². The van der Waals surface area contributed by atoms with Crippen molar-refractivity contribution < 1.29 is 8.42 Å². The Morgan fingerprint density at radius 1 is 1.28 bits per heavy atom. The van der Waals surface area contributed by atoms with Gasteiger partial charge in [0.15, 0.2) is 9.84 Å². The monoisotopic (exact) mass is 265 g/mol. The molecule has 0 fully saturated rings. The minimum absolute atomic E-state index is 0.313. The maximum Gasteiger partial charge on any atom is 0.175 e. The van der Waals surface area contributed by atoms with Crippen molar-refractivity contribution in [2.75, 3.05) is 12.0 Å². The number of rotatable bonds is 2. The molecule has 5 nitrogen and oxygen atoms in total. The SMILES string of the molecule is Cc1cc(S(C)(=O)=O)ccc1-c1cc(N)n(C)n1. The molecule has 0 aliphatic carbocycles. The summed E-state index contributed by atoms with van der Waals surface area (Å²) in [5, 5.41) is 4.28. The summed E-state index contributed by atoms with van der Waals surface area (Å²) in [6.07, 6.45) is 1.19. The smallest absolute Gasteiger partial charge is 0.175 e. The number of sulfone groups is 1. The molecule has 0 radical (unpaired) electrons. The first-order valence-corrected chi connectivity index (χ1v) is 7.29. The molecule has 0 aliphatic rings. The van der Waals surface area contributed by atoms with E-state index in [-0.39, 0.29) is 0 Å². The predicted molar refractivity (Wildman–Crippen MR) is 70.9 cm³/mol. The van der Waals surface area contributed by atoms with Crippen LogP contribution in [0.4, 0.5) is 5.82 Å². The van der Waals surface area contributed by atoms with E-state index in [1.165, 1.54) is 6.26 Å². The molecule has 0 unspecified atom stereocenters. The van der Waals surface area contributed by atoms with Crippen LogP contribution in [0.5, 0.6) is 0 Å². The Bertz CT molecular complexity index is 683. The van der Waals surface area contributed by atoms with Crippen molar-refractivity contribution in [3.8, 4) is 11.3 Å². The molecule has 2 aromatic rings. The lowest BCUT2D eigenvalue weighted by Crippen LogP contribution is -1.98. The van der Waals surface area contributed by atoms with E-state index in [0.29, 0.717) is 10.7 Å². The third kappa shape index (κ3) is 2.24. The van der Waals surface area contributed by atoms with Crippen LogP contribution in [0.2, 0.25) is 0 Å². The van der Waals surface area contributed by atoms with Gasteiger partial charge in [0.1, 0.15) is 5.82 Å². The van der Waals surface area contributed by atoms with E-state index < -0.39 is 9.84 Å². The molecule has 0 saturated heterocycles. The van der Waals surface area contributed by atoms with Gasteiger partial charge >= 0.3 is 0 Å². The first-order chi connectivity index (χ1) is 8.29. The molecule has 6 heteroatoms. The highest BCUT2D eigenvalue weighted by atomic mass is 32.2. The van der Waals surface area contributed by atoms with E-state index >= 15 is 0 Å². The van der Waals surface area contributed by atoms with Gasteiger partial charge in [0.05, 0.1) is 10.6 Å². The van der Waals surface area contributed by atoms with Crippen LogP contribution in [-0.2, 0) is 16.9 Å². The molecule has 1 aromatic carbocycles. The number of benzene rings is 1. The van der Waals surface area contributed by atoms with Crippen molar-refractivity contribution in [3.63, 3.8) is 0 Å². The van der Waals surface area contributed by atoms with Gasteiger partial charge in [0, 0.05) is 24.9 Å². The zero-order chi connectivity index (χ0) is 13.5. The van der Waals surface area contributed by atoms with Crippen LogP contribution in [-0.4, -0.2) is 24.5 Å². The highest BCUT2D eigenvalue weighted by molar-refractivity contribution is 7.90. The summed E-state index contributed by atoms with van der Waals surface area (Å²) in [7, 11) is -1.41. The highest BCUT2D eigenvalue weighted by Crippen LogP contribution is 2.25. The number of anilines is 1. The third-order valence-electron chi connectivity index (χ3n) is 2.82. The first kappa shape index (κ1) is 12.6. The van der Waals surface area contributed by atoms with Gasteiger partial charge in [-0.1, -0.05) is 6.07 Å². The summed E-state index contributed by atoms with van der Waals surface area (Å²) in [6, 6.07) is 6.76. The Kier molecular flexibility index (Phi) is 2.90. The van der Waals surface area contributed by atoms with Crippen LogP contribution < -0.4 is 5.73 Å². The number of nitrogens with zero attached hydrogens (tertiary/aromatic N) is 2. The minimum atomic E-state index is -3.18. The number of nitrogens with two attached hydrogens (primary N) is 1. The summed E-state index contributed by atoms with van der Waals surface area (Å²) < 4.78 is 24.5. The summed E-state index contributed by atoms with van der Waals surface area (Å²) in [4.78, 5) is 0.313. The highest BCUT2D eigenvalue weighted by Gasteiger charge is 2.12. The van der Waals surface area contributed by atoms with Gasteiger partial charge in [-0.25, -0.2) is 8.42 Å². The summed E-state index contributed by atoms with van der Waals surface area (Å²) in [5.41, 5.74) is 8.22. The van der Waals surface area contributed by atoms with Gasteiger partial charge in [-0.05, 0) is 24.6 Å². The normalized spacial score (nSPS) is 11.7. The number of hydrogen-bond acceptors (Lipinski definition) is 4. The van der Waals surface area contributed by atoms with Crippen LogP contribution in [0.3, 0.4) is 0 Å². The zero-order valence-corrected chi connectivity index (χ0v) is 11.3. The van der Waals surface area contributed by atoms with Crippen LogP contribution >= 0.6 is 0 Å². The largest absolute Gasteiger partial charge is 0.384 e. The van der Waals surface area contributed by atoms with Gasteiger partial charge in [0.25, 0.3) is 0 Å². The van der Waals surface area contributed by atoms with Crippen LogP contribution in [0.15, 0.2) is 29.2 Å². The molecule has 0 saturated carbocycles. The fraction of sp³-hybridized carbons (Fsp3) is 0.250. The number of hydrogen-bond donors (Lipinski definition) is 1. The van der Waals surface area contributed by atoms with Gasteiger partial charge in [0.2, 0.25) is 0 Å². The number of aryl methyl sites for hydroxylation is 2. The minimum Gasteiger partial charge on any atom is -0.384 e. The fourth-order valence-electron chi connectivity index (χ4n) is 1.77. The van der Waals surface area contributed by atoms with Crippen molar-refractivity contribution in [1.29, 1.82) is 0 Å². The lowest BCUT2D eigenvalue weighted by molar-refractivity contribution is 0.602. The van der Waals surface area contributed by atoms with Gasteiger partial charge in [-0.3, -0.25) is 4.68 Å². The van der Waals surface area contributed by atoms with E-state index in [4.69, 9.17) is 5.73 Å². The Balaban J connectivity index is 2.54. The second-order valence-electron chi connectivity index (χ2n) is 4.33. The predicted octanol–water partition coefficient (Wildman–Crippen LogP) is 1.38. The topological polar surface area (TPSA) is 78.0 Å². The molecule has 1 aromatic heterocycles. The molecule has 2 rings (SSSR count). The van der Waals surface area contributed by atoms with Gasteiger partial charge < -0.3 is 5.73 Å². The average Bonchev–Trinajstić information content (AvgIpc) is 2.57. The molecule has 1 heterocycles. The maximum atomic E-state index is 11.5. The van der Waals surface area contributed by atoms with E-state index in [2.05, 4.69) is 5.10 Å². The zero-order valence-electron chi connectivity index (χ0n) is 10.5. The molecule has 96 valence electrons. The Labute approximate surface area is 106 Å². The lowest BCUT2D eigenvalue weighted by atomic mass is 10.1. The maximum absolute atomic E-state index is 11.5. The lowest BCUT2D eigenvalue weighted by Gasteiger charge is -2.05. The quantitative estimate of drug-likeness (QED) is 0.889. The molecule has 0 atom stereocenters. The molecule has 0 aliphatic heterocycles. The van der Waals surface area contributed by atoms with Crippen LogP contribution in [0.25, 0.3) is 11.3 Å². The van der Waals surface area contributed by atoms with Crippen molar-refractivity contribution >= 4 is 15.7 Å². The fourth-order valence-corrected chi connectivity index (χ4v) is 2.47. The van der Waals surface area contributed by atoms with Gasteiger partial charge in [-0.15, -0.1) is 0 Å². The third-order valence-corrected chi connectivity index (χ3v) is 3.93. The second kappa shape index (κ2) is 4.13. The molecule has 18 heavy (non-hydrogen) atoms. The van der Waals surface area contributed by atoms with E-state index in [1.807, 2.05) is 6.92 Å². The van der Waals surface area contributed by atoms with Crippen LogP contribution in [0, 0.1) is 6.92 Å². The van der Waals surface area contributed by atoms with E-state index in [0.717, 1.165) is 16.8 Å². The Hall–Kier alpha value is -1.82. The Morgan fingerprint density at radius 2 is 1.94 bits per heavy atom. The molecule has 2 N–H and O–H groups in total. The summed E-state index contributed by atoms with van der Waals surface area (Å²) in [5.74, 6) is 0.566. The molecule has 0 amide bonds. The van der Waals surface area contributed by atoms with Crippen molar-refractivity contribution in [1.82, 2.24) is 9.78 Å². The molecular formula is C12H15N3O2S. The first-order valence-electron chi connectivity index (χ1n) is 5.39. The van der Waals surface area contributed by atoms with Crippen molar-refractivity contribution in [2.24, 2.45) is 7.05 Å². The van der Waals surface area contributed by atoms with E-state index in [1.54, 1.807) is 36.0 Å². The average molecular weight is 265 g/mol.